The Morgan fingerprint density at radius 1 is 1.15 bits per heavy atom. The number of nitrogens with one attached hydrogen (secondary N) is 2. The molecule has 0 aromatic heterocycles. The maximum Gasteiger partial charge on any atom is 0.321 e. The van der Waals surface area contributed by atoms with Gasteiger partial charge in [-0.2, -0.15) is 0 Å². The van der Waals surface area contributed by atoms with E-state index in [0.29, 0.717) is 40.7 Å². The van der Waals surface area contributed by atoms with E-state index in [1.807, 2.05) is 6.92 Å². The Kier molecular flexibility index (Phi) is 8.40. The van der Waals surface area contributed by atoms with Crippen LogP contribution in [0.3, 0.4) is 0 Å². The number of ether oxygens (including phenoxy) is 3. The number of rotatable bonds is 7. The molecule has 0 saturated carbocycles. The normalized spacial score (nSPS) is 19.6. The second kappa shape index (κ2) is 11.6. The summed E-state index contributed by atoms with van der Waals surface area (Å²) in [6.07, 6.45) is 0.478. The number of nitrogens with zero attached hydrogens (tertiary/aromatic N) is 2. The fourth-order valence-electron chi connectivity index (χ4n) is 4.47. The average Bonchev–Trinajstić information content (AvgIpc) is 3.35. The first-order chi connectivity index (χ1) is 18.4. The first-order valence-electron chi connectivity index (χ1n) is 12.5. The molecule has 212 valence electrons. The Hall–Kier alpha value is -3.71. The lowest BCUT2D eigenvalue weighted by Crippen LogP contribution is -2.48. The van der Waals surface area contributed by atoms with Gasteiger partial charge >= 0.3 is 6.03 Å². The average molecular weight is 563 g/mol. The van der Waals surface area contributed by atoms with Crippen molar-refractivity contribution in [1.29, 1.82) is 0 Å². The van der Waals surface area contributed by atoms with Gasteiger partial charge in [-0.25, -0.2) is 13.2 Å². The van der Waals surface area contributed by atoms with Gasteiger partial charge in [-0.3, -0.25) is 9.52 Å². The molecular weight excluding hydrogens is 528 g/mol. The number of urea groups is 1. The quantitative estimate of drug-likeness (QED) is 0.465. The molecule has 3 amide bonds. The number of carbonyl (C=O) groups excluding carboxylic acids is 2. The Bertz CT molecular complexity index is 1340. The molecule has 2 aromatic carbocycles. The van der Waals surface area contributed by atoms with Crippen LogP contribution >= 0.6 is 0 Å². The Balaban J connectivity index is 1.57. The van der Waals surface area contributed by atoms with Gasteiger partial charge in [0.1, 0.15) is 11.9 Å². The van der Waals surface area contributed by atoms with E-state index in [-0.39, 0.29) is 44.2 Å². The molecule has 12 nitrogen and oxygen atoms in total. The third kappa shape index (κ3) is 7.03. The number of benzene rings is 2. The predicted octanol–water partition coefficient (Wildman–Crippen LogP) is 2.10. The number of hydrogen-bond donors (Lipinski definition) is 3. The molecule has 2 heterocycles. The summed E-state index contributed by atoms with van der Waals surface area (Å²) >= 11 is 0. The molecule has 2 aliphatic rings. The summed E-state index contributed by atoms with van der Waals surface area (Å²) in [5, 5.41) is 12.6. The molecule has 0 saturated heterocycles. The molecule has 4 rings (SSSR count). The lowest BCUT2D eigenvalue weighted by atomic mass is 10.0. The highest BCUT2D eigenvalue weighted by atomic mass is 32.2. The van der Waals surface area contributed by atoms with Gasteiger partial charge in [-0.1, -0.05) is 6.92 Å². The summed E-state index contributed by atoms with van der Waals surface area (Å²) in [5.74, 6) is 1.14. The van der Waals surface area contributed by atoms with E-state index in [1.54, 1.807) is 55.3 Å². The number of amides is 3. The molecule has 2 aliphatic heterocycles. The molecule has 0 bridgehead atoms. The zero-order chi connectivity index (χ0) is 28.3. The van der Waals surface area contributed by atoms with Gasteiger partial charge in [0.05, 0.1) is 31.9 Å². The van der Waals surface area contributed by atoms with Crippen molar-refractivity contribution in [3.05, 3.63) is 42.0 Å². The summed E-state index contributed by atoms with van der Waals surface area (Å²) in [7, 11) is -1.89. The minimum absolute atomic E-state index is 0.0428. The van der Waals surface area contributed by atoms with Crippen molar-refractivity contribution in [1.82, 2.24) is 9.80 Å². The topological polar surface area (TPSA) is 147 Å². The van der Waals surface area contributed by atoms with Crippen LogP contribution in [0.5, 0.6) is 17.2 Å². The molecule has 2 aromatic rings. The summed E-state index contributed by atoms with van der Waals surface area (Å²) in [4.78, 5) is 29.4. The van der Waals surface area contributed by atoms with Crippen molar-refractivity contribution in [2.24, 2.45) is 5.92 Å². The Labute approximate surface area is 227 Å². The molecule has 0 fully saturated rings. The largest absolute Gasteiger partial charge is 0.488 e. The van der Waals surface area contributed by atoms with Gasteiger partial charge in [-0.15, -0.1) is 0 Å². The van der Waals surface area contributed by atoms with Gasteiger partial charge in [0.2, 0.25) is 22.7 Å². The molecule has 0 radical (unpaired) electrons. The fraction of sp³-hybridized carbons (Fsp3) is 0.462. The van der Waals surface area contributed by atoms with Crippen LogP contribution in [0.4, 0.5) is 16.2 Å². The van der Waals surface area contributed by atoms with Crippen molar-refractivity contribution >= 4 is 33.3 Å². The minimum atomic E-state index is -3.53. The third-order valence-electron chi connectivity index (χ3n) is 6.64. The zero-order valence-corrected chi connectivity index (χ0v) is 23.2. The van der Waals surface area contributed by atoms with E-state index in [4.69, 9.17) is 14.2 Å². The number of aliphatic hydroxyl groups excluding tert-OH is 1. The van der Waals surface area contributed by atoms with Gasteiger partial charge in [0, 0.05) is 42.5 Å². The number of sulfonamides is 1. The molecule has 13 heteroatoms. The lowest BCUT2D eigenvalue weighted by molar-refractivity contribution is -0.134. The van der Waals surface area contributed by atoms with E-state index in [0.717, 1.165) is 6.26 Å². The van der Waals surface area contributed by atoms with E-state index >= 15 is 0 Å². The van der Waals surface area contributed by atoms with Crippen molar-refractivity contribution in [3.63, 3.8) is 0 Å². The minimum Gasteiger partial charge on any atom is -0.488 e. The summed E-state index contributed by atoms with van der Waals surface area (Å²) < 4.78 is 43.0. The molecule has 0 spiro atoms. The Morgan fingerprint density at radius 3 is 2.56 bits per heavy atom. The molecule has 0 aliphatic carbocycles. The van der Waals surface area contributed by atoms with Crippen LogP contribution < -0.4 is 24.2 Å². The molecule has 3 atom stereocenters. The summed E-state index contributed by atoms with van der Waals surface area (Å²) in [5.41, 5.74) is 1.35. The SMILES string of the molecule is C[C@H](CO)N1C[C@H](C)[C@@H](CN(C)C(=O)Nc2ccc3c(c2)OCO3)Oc2ccc(NS(C)(=O)=O)cc2CC1=O. The second-order valence-electron chi connectivity index (χ2n) is 9.96. The molecule has 3 N–H and O–H groups in total. The number of anilines is 2. The monoisotopic (exact) mass is 562 g/mol. The van der Waals surface area contributed by atoms with Gasteiger partial charge in [-0.05, 0) is 37.3 Å². The second-order valence-corrected chi connectivity index (χ2v) is 11.7. The zero-order valence-electron chi connectivity index (χ0n) is 22.3. The maximum absolute atomic E-state index is 13.3. The van der Waals surface area contributed by atoms with E-state index < -0.39 is 22.2 Å². The number of aliphatic hydroxyl groups is 1. The third-order valence-corrected chi connectivity index (χ3v) is 7.25. The van der Waals surface area contributed by atoms with Crippen LogP contribution in [-0.4, -0.2) is 87.2 Å². The van der Waals surface area contributed by atoms with Crippen LogP contribution in [0.1, 0.15) is 19.4 Å². The number of hydrogen-bond acceptors (Lipinski definition) is 8. The highest BCUT2D eigenvalue weighted by Crippen LogP contribution is 2.34. The molecular formula is C26H34N4O8S. The van der Waals surface area contributed by atoms with Crippen molar-refractivity contribution in [2.45, 2.75) is 32.4 Å². The molecule has 39 heavy (non-hydrogen) atoms. The van der Waals surface area contributed by atoms with Crippen LogP contribution in [0.2, 0.25) is 0 Å². The van der Waals surface area contributed by atoms with Crippen LogP contribution in [-0.2, 0) is 21.2 Å². The Morgan fingerprint density at radius 2 is 1.85 bits per heavy atom. The number of likely N-dealkylation sites (N-methyl/N-ethyl adjacent to an activating group) is 1. The van der Waals surface area contributed by atoms with Crippen molar-refractivity contribution in [3.8, 4) is 17.2 Å². The summed E-state index contributed by atoms with van der Waals surface area (Å²) in [6, 6.07) is 9.07. The van der Waals surface area contributed by atoms with Crippen LogP contribution in [0, 0.1) is 5.92 Å². The fourth-order valence-corrected chi connectivity index (χ4v) is 5.03. The van der Waals surface area contributed by atoms with E-state index in [9.17, 15) is 23.1 Å². The van der Waals surface area contributed by atoms with E-state index in [1.165, 1.54) is 4.90 Å². The summed E-state index contributed by atoms with van der Waals surface area (Å²) in [6.45, 7) is 4.08. The van der Waals surface area contributed by atoms with Crippen LogP contribution in [0.15, 0.2) is 36.4 Å². The van der Waals surface area contributed by atoms with Gasteiger partial charge < -0.3 is 34.4 Å². The number of carbonyl (C=O) groups is 2. The first kappa shape index (κ1) is 28.3. The van der Waals surface area contributed by atoms with Crippen molar-refractivity contribution in [2.75, 3.05) is 49.8 Å². The standard InChI is InChI=1S/C26H34N4O8S/c1-16-12-30(17(2)14-31)25(32)10-18-9-20(28-39(4,34)35)6-7-21(18)38-24(16)13-29(3)26(33)27-19-5-8-22-23(11-19)37-15-36-22/h5-9,11,16-17,24,28,31H,10,12-15H2,1-4H3,(H,27,33)/t16-,17+,24+/m0/s1. The predicted molar refractivity (Wildman–Crippen MR) is 145 cm³/mol. The van der Waals surface area contributed by atoms with E-state index in [2.05, 4.69) is 10.0 Å². The van der Waals surface area contributed by atoms with Crippen molar-refractivity contribution < 1.29 is 37.3 Å². The first-order valence-corrected chi connectivity index (χ1v) is 14.4. The van der Waals surface area contributed by atoms with Crippen LogP contribution in [0.25, 0.3) is 0 Å². The van der Waals surface area contributed by atoms with Gasteiger partial charge in [0.15, 0.2) is 11.5 Å². The highest BCUT2D eigenvalue weighted by molar-refractivity contribution is 7.92. The molecule has 0 unspecified atom stereocenters. The lowest BCUT2D eigenvalue weighted by Gasteiger charge is -2.34. The smallest absolute Gasteiger partial charge is 0.321 e. The van der Waals surface area contributed by atoms with Gasteiger partial charge in [0.25, 0.3) is 0 Å². The number of fused-ring (bicyclic) bond motifs is 2. The highest BCUT2D eigenvalue weighted by Gasteiger charge is 2.32. The maximum atomic E-state index is 13.3.